The van der Waals surface area contributed by atoms with E-state index < -0.39 is 17.8 Å². The monoisotopic (exact) mass is 350 g/mol. The summed E-state index contributed by atoms with van der Waals surface area (Å²) in [7, 11) is 0. The number of thiophene rings is 1. The third-order valence-corrected chi connectivity index (χ3v) is 3.47. The van der Waals surface area contributed by atoms with E-state index in [2.05, 4.69) is 5.32 Å². The molecule has 0 spiro atoms. The van der Waals surface area contributed by atoms with Crippen LogP contribution >= 0.6 is 11.3 Å². The molecule has 24 heavy (non-hydrogen) atoms. The van der Waals surface area contributed by atoms with Gasteiger partial charge in [0.15, 0.2) is 0 Å². The first-order valence-electron chi connectivity index (χ1n) is 6.48. The predicted octanol–water partition coefficient (Wildman–Crippen LogP) is 1.05. The summed E-state index contributed by atoms with van der Waals surface area (Å²) in [5.41, 5.74) is 5.47. The van der Waals surface area contributed by atoms with Crippen molar-refractivity contribution in [2.24, 2.45) is 5.73 Å². The quantitative estimate of drug-likeness (QED) is 0.633. The predicted molar refractivity (Wildman–Crippen MR) is 86.2 cm³/mol. The highest BCUT2D eigenvalue weighted by atomic mass is 32.1. The molecule has 0 atom stereocenters. The Hall–Kier alpha value is -3.20. The number of rotatable bonds is 5. The second kappa shape index (κ2) is 9.06. The highest BCUT2D eigenvalue weighted by Gasteiger charge is 2.09. The average molecular weight is 350 g/mol. The Kier molecular flexibility index (Phi) is 7.11. The molecule has 2 amide bonds. The Labute approximate surface area is 140 Å². The minimum Gasteiger partial charge on any atom is -0.480 e. The van der Waals surface area contributed by atoms with Gasteiger partial charge in [0.2, 0.25) is 0 Å². The van der Waals surface area contributed by atoms with Gasteiger partial charge >= 0.3 is 11.9 Å². The van der Waals surface area contributed by atoms with Crippen LogP contribution in [0.3, 0.4) is 0 Å². The fraction of sp³-hybridized carbons (Fsp3) is 0.0667. The molecule has 0 aliphatic rings. The normalized spacial score (nSPS) is 9.33. The summed E-state index contributed by atoms with van der Waals surface area (Å²) in [6, 6.07) is 9.73. The summed E-state index contributed by atoms with van der Waals surface area (Å²) in [4.78, 5) is 42.3. The van der Waals surface area contributed by atoms with Crippen molar-refractivity contribution in [1.82, 2.24) is 5.32 Å². The molecule has 0 radical (unpaired) electrons. The molecular formula is C15H14N2O6S. The minimum atomic E-state index is -1.05. The molecule has 8 nitrogen and oxygen atoms in total. The molecule has 0 bridgehead atoms. The molecule has 126 valence electrons. The number of benzene rings is 1. The largest absolute Gasteiger partial charge is 0.480 e. The highest BCUT2D eigenvalue weighted by Crippen LogP contribution is 2.13. The maximum atomic E-state index is 11.2. The van der Waals surface area contributed by atoms with Crippen LogP contribution in [0.15, 0.2) is 41.8 Å². The Morgan fingerprint density at radius 3 is 2.08 bits per heavy atom. The van der Waals surface area contributed by atoms with Crippen molar-refractivity contribution < 1.29 is 29.4 Å². The summed E-state index contributed by atoms with van der Waals surface area (Å²) in [6.45, 7) is -0.353. The molecule has 0 unspecified atom stereocenters. The van der Waals surface area contributed by atoms with Gasteiger partial charge in [-0.05, 0) is 18.2 Å². The van der Waals surface area contributed by atoms with E-state index in [1.807, 2.05) is 0 Å². The summed E-state index contributed by atoms with van der Waals surface area (Å²) >= 11 is 1.03. The van der Waals surface area contributed by atoms with Crippen molar-refractivity contribution in [3.63, 3.8) is 0 Å². The Bertz CT molecular complexity index is 713. The van der Waals surface area contributed by atoms with Crippen LogP contribution in [-0.4, -0.2) is 40.5 Å². The van der Waals surface area contributed by atoms with Crippen molar-refractivity contribution in [2.45, 2.75) is 0 Å². The number of amides is 2. The second-order valence-corrected chi connectivity index (χ2v) is 5.22. The molecular weight excluding hydrogens is 336 g/mol. The lowest BCUT2D eigenvalue weighted by atomic mass is 10.2. The highest BCUT2D eigenvalue weighted by molar-refractivity contribution is 7.12. The summed E-state index contributed by atoms with van der Waals surface area (Å²) in [5, 5.41) is 20.4. The molecule has 1 aromatic heterocycles. The maximum Gasteiger partial charge on any atom is 0.336 e. The fourth-order valence-electron chi connectivity index (χ4n) is 1.43. The molecule has 2 aromatic rings. The third kappa shape index (κ3) is 6.28. The zero-order chi connectivity index (χ0) is 18.1. The van der Waals surface area contributed by atoms with Crippen LogP contribution in [0.25, 0.3) is 0 Å². The molecule has 1 heterocycles. The molecule has 0 fully saturated rings. The zero-order valence-electron chi connectivity index (χ0n) is 12.3. The van der Waals surface area contributed by atoms with Crippen molar-refractivity contribution >= 4 is 35.1 Å². The molecule has 1 aromatic carbocycles. The lowest BCUT2D eigenvalue weighted by Crippen LogP contribution is -2.29. The number of aromatic carboxylic acids is 1. The van der Waals surface area contributed by atoms with Gasteiger partial charge in [0.25, 0.3) is 11.8 Å². The van der Waals surface area contributed by atoms with Gasteiger partial charge in [0.05, 0.1) is 10.4 Å². The molecule has 0 aliphatic carbocycles. The van der Waals surface area contributed by atoms with E-state index in [0.29, 0.717) is 5.56 Å². The lowest BCUT2D eigenvalue weighted by molar-refractivity contribution is -0.135. The van der Waals surface area contributed by atoms with Crippen LogP contribution in [0, 0.1) is 0 Å². The number of carboxylic acids is 2. The number of nitrogens with one attached hydrogen (secondary N) is 1. The van der Waals surface area contributed by atoms with Crippen LogP contribution in [0.4, 0.5) is 0 Å². The van der Waals surface area contributed by atoms with Crippen LogP contribution in [0.1, 0.15) is 30.4 Å². The van der Waals surface area contributed by atoms with Crippen molar-refractivity contribution in [1.29, 1.82) is 0 Å². The van der Waals surface area contributed by atoms with Gasteiger partial charge in [0, 0.05) is 10.9 Å². The molecule has 5 N–H and O–H groups in total. The van der Waals surface area contributed by atoms with E-state index in [0.717, 1.165) is 11.3 Å². The average Bonchev–Trinajstić information content (AvgIpc) is 3.04. The van der Waals surface area contributed by atoms with Gasteiger partial charge in [0.1, 0.15) is 6.54 Å². The van der Waals surface area contributed by atoms with Crippen LogP contribution in [0.2, 0.25) is 0 Å². The number of carbonyl (C=O) groups excluding carboxylic acids is 2. The molecule has 0 saturated heterocycles. The Morgan fingerprint density at radius 1 is 1.04 bits per heavy atom. The first kappa shape index (κ1) is 18.8. The molecule has 2 rings (SSSR count). The van der Waals surface area contributed by atoms with Gasteiger partial charge in [-0.2, -0.15) is 0 Å². The lowest BCUT2D eigenvalue weighted by Gasteiger charge is -2.00. The van der Waals surface area contributed by atoms with E-state index in [1.54, 1.807) is 30.3 Å². The standard InChI is InChI=1S/C9H9NO3.C6H5NO3S/c11-8(12)6-10-9(13)7-4-2-1-3-5-7;7-5(8)4-1-3(2-11-4)6(9)10/h1-5H,6H2,(H,10,13)(H,11,12);1-2H,(H2,7,8)(H,9,10). The number of carbonyl (C=O) groups is 4. The van der Waals surface area contributed by atoms with E-state index in [-0.39, 0.29) is 22.9 Å². The van der Waals surface area contributed by atoms with E-state index in [1.165, 1.54) is 11.4 Å². The number of carboxylic acid groups (broad SMARTS) is 2. The smallest absolute Gasteiger partial charge is 0.336 e. The van der Waals surface area contributed by atoms with Gasteiger partial charge < -0.3 is 21.3 Å². The summed E-state index contributed by atoms with van der Waals surface area (Å²) in [5.74, 6) is -3.07. The van der Waals surface area contributed by atoms with Crippen molar-refractivity contribution in [3.8, 4) is 0 Å². The molecule has 0 aliphatic heterocycles. The van der Waals surface area contributed by atoms with E-state index in [4.69, 9.17) is 15.9 Å². The van der Waals surface area contributed by atoms with E-state index in [9.17, 15) is 19.2 Å². The SMILES string of the molecule is NC(=O)c1cc(C(=O)O)cs1.O=C(O)CNC(=O)c1ccccc1. The van der Waals surface area contributed by atoms with Gasteiger partial charge in [-0.15, -0.1) is 11.3 Å². The number of hydrogen-bond acceptors (Lipinski definition) is 5. The van der Waals surface area contributed by atoms with Crippen molar-refractivity contribution in [3.05, 3.63) is 57.8 Å². The van der Waals surface area contributed by atoms with Crippen LogP contribution in [0.5, 0.6) is 0 Å². The molecule has 9 heteroatoms. The van der Waals surface area contributed by atoms with Gasteiger partial charge in [-0.1, -0.05) is 18.2 Å². The molecule has 0 saturated carbocycles. The van der Waals surface area contributed by atoms with Gasteiger partial charge in [-0.3, -0.25) is 14.4 Å². The topological polar surface area (TPSA) is 147 Å². The van der Waals surface area contributed by atoms with Crippen molar-refractivity contribution in [2.75, 3.05) is 6.54 Å². The zero-order valence-corrected chi connectivity index (χ0v) is 13.1. The number of nitrogens with two attached hydrogens (primary N) is 1. The van der Waals surface area contributed by atoms with E-state index >= 15 is 0 Å². The fourth-order valence-corrected chi connectivity index (χ4v) is 2.16. The van der Waals surface area contributed by atoms with Crippen LogP contribution in [-0.2, 0) is 4.79 Å². The number of aliphatic carboxylic acids is 1. The Balaban J connectivity index is 0.000000243. The maximum absolute atomic E-state index is 11.2. The Morgan fingerprint density at radius 2 is 1.67 bits per heavy atom. The van der Waals surface area contributed by atoms with Gasteiger partial charge in [-0.25, -0.2) is 4.79 Å². The third-order valence-electron chi connectivity index (χ3n) is 2.53. The first-order chi connectivity index (χ1) is 11.3. The number of hydrogen-bond donors (Lipinski definition) is 4. The number of primary amides is 1. The minimum absolute atomic E-state index is 0.101. The summed E-state index contributed by atoms with van der Waals surface area (Å²) < 4.78 is 0. The second-order valence-electron chi connectivity index (χ2n) is 4.31. The van der Waals surface area contributed by atoms with Crippen LogP contribution < -0.4 is 11.1 Å². The first-order valence-corrected chi connectivity index (χ1v) is 7.36. The summed E-state index contributed by atoms with van der Waals surface area (Å²) in [6.07, 6.45) is 0.